The number of aryl methyl sites for hydroxylation is 2. The predicted molar refractivity (Wildman–Crippen MR) is 126 cm³/mol. The molecule has 1 unspecified atom stereocenters. The van der Waals surface area contributed by atoms with Crippen LogP contribution in [0.3, 0.4) is 0 Å². The van der Waals surface area contributed by atoms with Gasteiger partial charge >= 0.3 is 0 Å². The fraction of sp³-hybridized carbons (Fsp3) is 0.192. The Bertz CT molecular complexity index is 1050. The quantitative estimate of drug-likeness (QED) is 0.453. The van der Waals surface area contributed by atoms with Crippen molar-refractivity contribution in [3.8, 4) is 5.75 Å². The van der Waals surface area contributed by atoms with Gasteiger partial charge in [0.2, 0.25) is 0 Å². The second-order valence-corrected chi connectivity index (χ2v) is 8.48. The Morgan fingerprint density at radius 3 is 2.23 bits per heavy atom. The van der Waals surface area contributed by atoms with Crippen molar-refractivity contribution in [1.82, 2.24) is 0 Å². The van der Waals surface area contributed by atoms with E-state index in [1.807, 2.05) is 35.2 Å². The van der Waals surface area contributed by atoms with Gasteiger partial charge in [0, 0.05) is 5.69 Å². The second kappa shape index (κ2) is 8.80. The van der Waals surface area contributed by atoms with Crippen LogP contribution >= 0.6 is 11.8 Å². The Kier molecular flexibility index (Phi) is 5.96. The van der Waals surface area contributed by atoms with Gasteiger partial charge in [-0.05, 0) is 60.4 Å². The summed E-state index contributed by atoms with van der Waals surface area (Å²) in [6.45, 7) is 4.21. The van der Waals surface area contributed by atoms with Crippen molar-refractivity contribution in [1.29, 1.82) is 0 Å². The zero-order valence-electron chi connectivity index (χ0n) is 17.5. The normalized spacial score (nSPS) is 17.6. The number of carbonyl (C=O) groups excluding carboxylic acids is 1. The first-order chi connectivity index (χ1) is 14.6. The molecule has 4 rings (SSSR count). The Balaban J connectivity index is 1.72. The first kappa shape index (κ1) is 20.3. The number of nitrogens with zero attached hydrogens (tertiary/aromatic N) is 1. The Labute approximate surface area is 182 Å². The van der Waals surface area contributed by atoms with E-state index in [0.29, 0.717) is 0 Å². The fourth-order valence-electron chi connectivity index (χ4n) is 3.49. The van der Waals surface area contributed by atoms with Crippen LogP contribution in [0, 0.1) is 6.92 Å². The minimum atomic E-state index is -0.104. The summed E-state index contributed by atoms with van der Waals surface area (Å²) in [5.41, 5.74) is 5.51. The molecule has 0 bridgehead atoms. The molecule has 4 heteroatoms. The Hall–Kier alpha value is -2.98. The van der Waals surface area contributed by atoms with Crippen molar-refractivity contribution < 1.29 is 9.53 Å². The first-order valence-electron chi connectivity index (χ1n) is 10.1. The lowest BCUT2D eigenvalue weighted by molar-refractivity contribution is -0.114. The monoisotopic (exact) mass is 415 g/mol. The smallest absolute Gasteiger partial charge is 0.266 e. The molecule has 0 saturated carbocycles. The Morgan fingerprint density at radius 1 is 0.967 bits per heavy atom. The highest BCUT2D eigenvalue weighted by atomic mass is 32.2. The van der Waals surface area contributed by atoms with Crippen molar-refractivity contribution >= 4 is 29.4 Å². The molecule has 1 amide bonds. The molecule has 0 aromatic heterocycles. The number of benzene rings is 3. The van der Waals surface area contributed by atoms with E-state index >= 15 is 0 Å². The summed E-state index contributed by atoms with van der Waals surface area (Å²) in [5.74, 6) is 0.798. The summed E-state index contributed by atoms with van der Waals surface area (Å²) in [4.78, 5) is 16.1. The van der Waals surface area contributed by atoms with Crippen LogP contribution in [0.25, 0.3) is 6.08 Å². The molecule has 1 aliphatic heterocycles. The van der Waals surface area contributed by atoms with Gasteiger partial charge < -0.3 is 4.74 Å². The van der Waals surface area contributed by atoms with Crippen LogP contribution < -0.4 is 9.64 Å². The van der Waals surface area contributed by atoms with E-state index in [-0.39, 0.29) is 11.3 Å². The van der Waals surface area contributed by atoms with Gasteiger partial charge in [-0.1, -0.05) is 72.8 Å². The molecule has 1 atom stereocenters. The van der Waals surface area contributed by atoms with Crippen LogP contribution in [0.2, 0.25) is 0 Å². The minimum Gasteiger partial charge on any atom is -0.497 e. The van der Waals surface area contributed by atoms with Crippen molar-refractivity contribution in [2.45, 2.75) is 25.6 Å². The number of amides is 1. The van der Waals surface area contributed by atoms with E-state index in [4.69, 9.17) is 4.74 Å². The number of thioether (sulfide) groups is 1. The van der Waals surface area contributed by atoms with E-state index in [1.165, 1.54) is 11.1 Å². The maximum absolute atomic E-state index is 13.4. The third-order valence-corrected chi connectivity index (χ3v) is 6.55. The molecular weight excluding hydrogens is 390 g/mol. The molecule has 1 heterocycles. The highest BCUT2D eigenvalue weighted by Crippen LogP contribution is 2.48. The van der Waals surface area contributed by atoms with Crippen molar-refractivity contribution in [2.75, 3.05) is 12.0 Å². The van der Waals surface area contributed by atoms with Gasteiger partial charge in [-0.25, -0.2) is 0 Å². The number of carbonyl (C=O) groups is 1. The summed E-state index contributed by atoms with van der Waals surface area (Å²) < 4.78 is 5.28. The van der Waals surface area contributed by atoms with Gasteiger partial charge in [0.15, 0.2) is 0 Å². The lowest BCUT2D eigenvalue weighted by Crippen LogP contribution is -2.27. The molecule has 3 aromatic carbocycles. The van der Waals surface area contributed by atoms with E-state index in [9.17, 15) is 4.79 Å². The largest absolute Gasteiger partial charge is 0.497 e. The van der Waals surface area contributed by atoms with E-state index < -0.39 is 0 Å². The molecule has 152 valence electrons. The van der Waals surface area contributed by atoms with Crippen molar-refractivity contribution in [3.05, 3.63) is 100.0 Å². The topological polar surface area (TPSA) is 29.5 Å². The molecule has 30 heavy (non-hydrogen) atoms. The number of hydrogen-bond donors (Lipinski definition) is 0. The van der Waals surface area contributed by atoms with Crippen LogP contribution in [0.4, 0.5) is 5.69 Å². The molecule has 0 spiro atoms. The van der Waals surface area contributed by atoms with Crippen molar-refractivity contribution in [3.63, 3.8) is 0 Å². The maximum atomic E-state index is 13.4. The lowest BCUT2D eigenvalue weighted by atomic mass is 10.1. The molecule has 0 N–H and O–H groups in total. The average molecular weight is 416 g/mol. The van der Waals surface area contributed by atoms with E-state index in [2.05, 4.69) is 62.4 Å². The molecule has 1 fully saturated rings. The summed E-state index contributed by atoms with van der Waals surface area (Å²) in [5, 5.41) is -0.104. The first-order valence-corrected chi connectivity index (χ1v) is 11.0. The number of ether oxygens (including phenoxy) is 1. The highest BCUT2D eigenvalue weighted by molar-refractivity contribution is 8.05. The highest BCUT2D eigenvalue weighted by Gasteiger charge is 2.38. The SMILES string of the molecule is CCc1ccc(C=C2SC(c3ccc(C)cc3)N(c3ccc(OC)cc3)C2=O)cc1. The molecule has 3 nitrogen and oxygen atoms in total. The van der Waals surface area contributed by atoms with Crippen LogP contribution in [0.5, 0.6) is 5.75 Å². The minimum absolute atomic E-state index is 0.0234. The molecule has 1 aliphatic rings. The van der Waals surface area contributed by atoms with Gasteiger partial charge in [0.1, 0.15) is 11.1 Å². The number of methoxy groups -OCH3 is 1. The summed E-state index contributed by atoms with van der Waals surface area (Å²) >= 11 is 1.60. The van der Waals surface area contributed by atoms with Gasteiger partial charge in [0.25, 0.3) is 5.91 Å². The van der Waals surface area contributed by atoms with Crippen LogP contribution in [0.15, 0.2) is 77.7 Å². The zero-order valence-corrected chi connectivity index (χ0v) is 18.3. The van der Waals surface area contributed by atoms with Gasteiger partial charge in [0.05, 0.1) is 12.0 Å². The van der Waals surface area contributed by atoms with E-state index in [1.54, 1.807) is 18.9 Å². The van der Waals surface area contributed by atoms with Gasteiger partial charge in [-0.3, -0.25) is 9.69 Å². The summed E-state index contributed by atoms with van der Waals surface area (Å²) in [7, 11) is 1.64. The number of hydrogen-bond acceptors (Lipinski definition) is 3. The van der Waals surface area contributed by atoms with Gasteiger partial charge in [-0.2, -0.15) is 0 Å². The molecule has 0 radical (unpaired) electrons. The van der Waals surface area contributed by atoms with Crippen molar-refractivity contribution in [2.24, 2.45) is 0 Å². The number of rotatable bonds is 5. The third-order valence-electron chi connectivity index (χ3n) is 5.30. The summed E-state index contributed by atoms with van der Waals surface area (Å²) in [6, 6.07) is 24.5. The van der Waals surface area contributed by atoms with Crippen LogP contribution in [-0.4, -0.2) is 13.0 Å². The third kappa shape index (κ3) is 4.14. The average Bonchev–Trinajstić information content (AvgIpc) is 3.10. The second-order valence-electron chi connectivity index (χ2n) is 7.36. The Morgan fingerprint density at radius 2 is 1.63 bits per heavy atom. The van der Waals surface area contributed by atoms with Crippen LogP contribution in [-0.2, 0) is 11.2 Å². The summed E-state index contributed by atoms with van der Waals surface area (Å²) in [6.07, 6.45) is 3.00. The lowest BCUT2D eigenvalue weighted by Gasteiger charge is -2.24. The van der Waals surface area contributed by atoms with Crippen LogP contribution in [0.1, 0.15) is 34.6 Å². The molecule has 3 aromatic rings. The maximum Gasteiger partial charge on any atom is 0.266 e. The number of anilines is 1. The molecular formula is C26H25NO2S. The van der Waals surface area contributed by atoms with Gasteiger partial charge in [-0.15, -0.1) is 0 Å². The molecule has 0 aliphatic carbocycles. The molecule has 1 saturated heterocycles. The standard InChI is InChI=1S/C26H25NO2S/c1-4-19-7-9-20(10-8-19)17-24-25(28)27(22-13-15-23(29-3)16-14-22)26(30-24)21-11-5-18(2)6-12-21/h5-17,26H,4H2,1-3H3. The fourth-order valence-corrected chi connectivity index (χ4v) is 4.75. The van der Waals surface area contributed by atoms with E-state index in [0.717, 1.165) is 33.9 Å². The predicted octanol–water partition coefficient (Wildman–Crippen LogP) is 6.39. The zero-order chi connectivity index (χ0) is 21.1.